The molecular formula is C12H15BrFN. The Kier molecular flexibility index (Phi) is 3.12. The summed E-state index contributed by atoms with van der Waals surface area (Å²) in [7, 11) is 0. The van der Waals surface area contributed by atoms with Crippen LogP contribution in [0.1, 0.15) is 31.7 Å². The van der Waals surface area contributed by atoms with Crippen LogP contribution in [-0.2, 0) is 6.54 Å². The maximum Gasteiger partial charge on any atom is 0.137 e. The molecule has 1 aliphatic rings. The van der Waals surface area contributed by atoms with Gasteiger partial charge >= 0.3 is 0 Å². The van der Waals surface area contributed by atoms with E-state index in [4.69, 9.17) is 0 Å². The van der Waals surface area contributed by atoms with Crippen molar-refractivity contribution in [2.45, 2.75) is 38.3 Å². The first-order valence-corrected chi connectivity index (χ1v) is 6.07. The lowest BCUT2D eigenvalue weighted by molar-refractivity contribution is 0.206. The molecule has 0 spiro atoms. The van der Waals surface area contributed by atoms with Crippen LogP contribution in [0, 0.1) is 5.82 Å². The van der Waals surface area contributed by atoms with E-state index in [-0.39, 0.29) is 11.4 Å². The Bertz CT molecular complexity index is 361. The second kappa shape index (κ2) is 4.22. The molecule has 1 aromatic rings. The molecule has 1 N–H and O–H groups in total. The molecule has 1 aromatic carbocycles. The zero-order valence-corrected chi connectivity index (χ0v) is 10.4. The lowest BCUT2D eigenvalue weighted by atomic mass is 9.78. The smallest absolute Gasteiger partial charge is 0.137 e. The van der Waals surface area contributed by atoms with Crippen molar-refractivity contribution >= 4 is 15.9 Å². The second-order valence-electron chi connectivity index (χ2n) is 4.52. The van der Waals surface area contributed by atoms with E-state index >= 15 is 0 Å². The quantitative estimate of drug-likeness (QED) is 0.886. The highest BCUT2D eigenvalue weighted by molar-refractivity contribution is 9.10. The highest BCUT2D eigenvalue weighted by atomic mass is 79.9. The molecule has 2 rings (SSSR count). The van der Waals surface area contributed by atoms with Gasteiger partial charge in [0.15, 0.2) is 0 Å². The molecule has 15 heavy (non-hydrogen) atoms. The summed E-state index contributed by atoms with van der Waals surface area (Å²) in [6.45, 7) is 2.98. The van der Waals surface area contributed by atoms with Crippen LogP contribution >= 0.6 is 15.9 Å². The van der Waals surface area contributed by atoms with E-state index in [1.165, 1.54) is 19.3 Å². The Morgan fingerprint density at radius 1 is 1.47 bits per heavy atom. The van der Waals surface area contributed by atoms with Gasteiger partial charge in [0.05, 0.1) is 4.47 Å². The van der Waals surface area contributed by atoms with Gasteiger partial charge in [-0.15, -0.1) is 0 Å². The van der Waals surface area contributed by atoms with Gasteiger partial charge in [-0.25, -0.2) is 4.39 Å². The van der Waals surface area contributed by atoms with Gasteiger partial charge in [-0.05, 0) is 59.8 Å². The van der Waals surface area contributed by atoms with E-state index in [0.29, 0.717) is 4.47 Å². The van der Waals surface area contributed by atoms with Gasteiger partial charge in [0.2, 0.25) is 0 Å². The third-order valence-electron chi connectivity index (χ3n) is 3.16. The molecule has 0 saturated heterocycles. The maximum absolute atomic E-state index is 13.2. The topological polar surface area (TPSA) is 12.0 Å². The summed E-state index contributed by atoms with van der Waals surface area (Å²) in [6.07, 6.45) is 3.76. The third kappa shape index (κ3) is 2.58. The van der Waals surface area contributed by atoms with E-state index in [1.54, 1.807) is 12.1 Å². The Labute approximate surface area is 98.2 Å². The van der Waals surface area contributed by atoms with E-state index in [2.05, 4.69) is 28.2 Å². The minimum absolute atomic E-state index is 0.187. The number of halogens is 2. The van der Waals surface area contributed by atoms with Crippen LogP contribution in [0.2, 0.25) is 0 Å². The zero-order chi connectivity index (χ0) is 10.9. The zero-order valence-electron chi connectivity index (χ0n) is 8.82. The molecule has 0 atom stereocenters. The van der Waals surface area contributed by atoms with Crippen molar-refractivity contribution < 1.29 is 4.39 Å². The van der Waals surface area contributed by atoms with Gasteiger partial charge in [-0.2, -0.15) is 0 Å². The molecule has 82 valence electrons. The predicted molar refractivity (Wildman–Crippen MR) is 63.2 cm³/mol. The van der Waals surface area contributed by atoms with Gasteiger partial charge in [-0.1, -0.05) is 6.07 Å². The fourth-order valence-corrected chi connectivity index (χ4v) is 2.10. The Morgan fingerprint density at radius 3 is 2.73 bits per heavy atom. The highest BCUT2D eigenvalue weighted by Crippen LogP contribution is 2.31. The van der Waals surface area contributed by atoms with Gasteiger partial charge in [0.1, 0.15) is 5.82 Å². The Hall–Kier alpha value is -0.410. The van der Waals surface area contributed by atoms with E-state index in [9.17, 15) is 4.39 Å². The minimum Gasteiger partial charge on any atom is -0.307 e. The molecule has 0 aliphatic heterocycles. The normalized spacial score (nSPS) is 18.6. The molecule has 0 amide bonds. The van der Waals surface area contributed by atoms with Crippen LogP contribution in [0.15, 0.2) is 22.7 Å². The summed E-state index contributed by atoms with van der Waals surface area (Å²) in [4.78, 5) is 0. The standard InChI is InChI=1S/C12H15BrFN/c1-12(5-2-6-12)15-8-9-3-4-10(13)11(14)7-9/h3-4,7,15H,2,5-6,8H2,1H3. The first-order valence-electron chi connectivity index (χ1n) is 5.28. The molecule has 0 bridgehead atoms. The molecule has 1 aliphatic carbocycles. The van der Waals surface area contributed by atoms with Crippen LogP contribution in [0.4, 0.5) is 4.39 Å². The summed E-state index contributed by atoms with van der Waals surface area (Å²) < 4.78 is 13.7. The minimum atomic E-state index is -0.187. The molecule has 1 saturated carbocycles. The van der Waals surface area contributed by atoms with Crippen molar-refractivity contribution in [2.24, 2.45) is 0 Å². The molecule has 0 radical (unpaired) electrons. The van der Waals surface area contributed by atoms with Crippen LogP contribution in [0.3, 0.4) is 0 Å². The summed E-state index contributed by atoms with van der Waals surface area (Å²) in [6, 6.07) is 5.29. The van der Waals surface area contributed by atoms with Crippen LogP contribution in [-0.4, -0.2) is 5.54 Å². The molecule has 1 fully saturated rings. The lowest BCUT2D eigenvalue weighted by Gasteiger charge is -2.39. The van der Waals surface area contributed by atoms with Crippen molar-refractivity contribution in [3.63, 3.8) is 0 Å². The Balaban J connectivity index is 1.96. The van der Waals surface area contributed by atoms with Crippen molar-refractivity contribution in [1.82, 2.24) is 5.32 Å². The molecule has 0 unspecified atom stereocenters. The van der Waals surface area contributed by atoms with Crippen molar-refractivity contribution in [2.75, 3.05) is 0 Å². The lowest BCUT2D eigenvalue weighted by Crippen LogP contribution is -2.47. The molecule has 3 heteroatoms. The number of hydrogen-bond donors (Lipinski definition) is 1. The first-order chi connectivity index (χ1) is 7.09. The number of nitrogens with one attached hydrogen (secondary N) is 1. The molecular weight excluding hydrogens is 257 g/mol. The average molecular weight is 272 g/mol. The maximum atomic E-state index is 13.2. The summed E-state index contributed by atoms with van der Waals surface area (Å²) in [5.74, 6) is -0.187. The monoisotopic (exact) mass is 271 g/mol. The van der Waals surface area contributed by atoms with Crippen molar-refractivity contribution in [3.8, 4) is 0 Å². The summed E-state index contributed by atoms with van der Waals surface area (Å²) >= 11 is 3.15. The third-order valence-corrected chi connectivity index (χ3v) is 3.80. The largest absolute Gasteiger partial charge is 0.307 e. The van der Waals surface area contributed by atoms with Crippen LogP contribution < -0.4 is 5.32 Å². The summed E-state index contributed by atoms with van der Waals surface area (Å²) in [5, 5.41) is 3.48. The average Bonchev–Trinajstić information content (AvgIpc) is 2.17. The number of hydrogen-bond acceptors (Lipinski definition) is 1. The van der Waals surface area contributed by atoms with E-state index in [1.807, 2.05) is 6.07 Å². The molecule has 0 aromatic heterocycles. The predicted octanol–water partition coefficient (Wildman–Crippen LogP) is 3.62. The second-order valence-corrected chi connectivity index (χ2v) is 5.37. The van der Waals surface area contributed by atoms with Gasteiger partial charge < -0.3 is 5.32 Å². The first kappa shape index (κ1) is 11.1. The molecule has 0 heterocycles. The van der Waals surface area contributed by atoms with Gasteiger partial charge in [0.25, 0.3) is 0 Å². The van der Waals surface area contributed by atoms with Crippen molar-refractivity contribution in [3.05, 3.63) is 34.1 Å². The highest BCUT2D eigenvalue weighted by Gasteiger charge is 2.30. The van der Waals surface area contributed by atoms with Crippen LogP contribution in [0.5, 0.6) is 0 Å². The fourth-order valence-electron chi connectivity index (χ4n) is 1.85. The van der Waals surface area contributed by atoms with Gasteiger partial charge in [0, 0.05) is 12.1 Å². The summed E-state index contributed by atoms with van der Waals surface area (Å²) in [5.41, 5.74) is 1.28. The van der Waals surface area contributed by atoms with E-state index < -0.39 is 0 Å². The fraction of sp³-hybridized carbons (Fsp3) is 0.500. The number of benzene rings is 1. The van der Waals surface area contributed by atoms with Crippen LogP contribution in [0.25, 0.3) is 0 Å². The number of rotatable bonds is 3. The van der Waals surface area contributed by atoms with Gasteiger partial charge in [-0.3, -0.25) is 0 Å². The SMILES string of the molecule is CC1(NCc2ccc(Br)c(F)c2)CCC1. The van der Waals surface area contributed by atoms with Crippen molar-refractivity contribution in [1.29, 1.82) is 0 Å². The Morgan fingerprint density at radius 2 is 2.20 bits per heavy atom. The molecule has 1 nitrogen and oxygen atoms in total. The van der Waals surface area contributed by atoms with E-state index in [0.717, 1.165) is 12.1 Å².